The van der Waals surface area contributed by atoms with Crippen molar-refractivity contribution in [3.8, 4) is 0 Å². The van der Waals surface area contributed by atoms with E-state index in [0.717, 1.165) is 0 Å². The molecule has 1 aromatic rings. The molecule has 0 aromatic carbocycles. The largest absolute Gasteiger partial charge is 0.465 e. The Morgan fingerprint density at radius 2 is 2.36 bits per heavy atom. The minimum Gasteiger partial charge on any atom is -0.465 e. The first kappa shape index (κ1) is 21.3. The van der Waals surface area contributed by atoms with Crippen LogP contribution in [0.3, 0.4) is 0 Å². The lowest BCUT2D eigenvalue weighted by Crippen LogP contribution is -2.49. The van der Waals surface area contributed by atoms with Gasteiger partial charge >= 0.3 is 13.7 Å². The zero-order valence-electron chi connectivity index (χ0n) is 15.5. The van der Waals surface area contributed by atoms with Gasteiger partial charge < -0.3 is 14.6 Å². The van der Waals surface area contributed by atoms with Crippen LogP contribution in [0.15, 0.2) is 17.1 Å². The summed E-state index contributed by atoms with van der Waals surface area (Å²) in [5, 5.41) is 13.5. The van der Waals surface area contributed by atoms with Crippen LogP contribution in [0.5, 0.6) is 0 Å². The second kappa shape index (κ2) is 7.79. The fraction of sp³-hybridized carbons (Fsp3) is 0.667. The fourth-order valence-corrected chi connectivity index (χ4v) is 5.15. The van der Waals surface area contributed by atoms with Gasteiger partial charge in [0.2, 0.25) is 0 Å². The van der Waals surface area contributed by atoms with Crippen LogP contribution >= 0.6 is 20.0 Å². The van der Waals surface area contributed by atoms with E-state index >= 15 is 0 Å². The van der Waals surface area contributed by atoms with E-state index in [1.807, 2.05) is 0 Å². The molecule has 0 bridgehead atoms. The number of ether oxygens (including phenoxy) is 2. The van der Waals surface area contributed by atoms with Gasteiger partial charge in [-0.1, -0.05) is 0 Å². The number of nitrogens with zero attached hydrogens (tertiary/aromatic N) is 1. The second-order valence-corrected chi connectivity index (χ2v) is 8.80. The van der Waals surface area contributed by atoms with Crippen molar-refractivity contribution in [2.24, 2.45) is 0 Å². The zero-order chi connectivity index (χ0) is 20.7. The molecule has 3 N–H and O–H groups in total. The highest BCUT2D eigenvalue weighted by Gasteiger charge is 2.59. The number of H-pyrrole nitrogens is 1. The van der Waals surface area contributed by atoms with Gasteiger partial charge in [0, 0.05) is 12.3 Å². The van der Waals surface area contributed by atoms with Gasteiger partial charge in [-0.25, -0.2) is 9.65 Å². The molecule has 156 valence electrons. The molecule has 28 heavy (non-hydrogen) atoms. The van der Waals surface area contributed by atoms with Crippen LogP contribution in [0.25, 0.3) is 0 Å². The summed E-state index contributed by atoms with van der Waals surface area (Å²) in [5.41, 5.74) is -2.05. The van der Waals surface area contributed by atoms with Crippen LogP contribution in [0.2, 0.25) is 0 Å². The number of nitrogens with one attached hydrogen (secondary N) is 2. The lowest BCUT2D eigenvalue weighted by Gasteiger charge is -2.36. The molecule has 6 atom stereocenters. The van der Waals surface area contributed by atoms with Crippen LogP contribution in [-0.4, -0.2) is 57.7 Å². The maximum absolute atomic E-state index is 12.9. The number of aliphatic hydroxyl groups is 1. The molecule has 0 spiro atoms. The SMILES string of the molecule is CCOC(=O)C(C)NP1(=O)OCC2OC(n3ccc(=O)[nH]c3=S)C(C)(O)C2O1. The molecule has 1 aromatic heterocycles. The maximum atomic E-state index is 12.9. The first-order chi connectivity index (χ1) is 13.1. The van der Waals surface area contributed by atoms with E-state index in [2.05, 4.69) is 10.1 Å². The molecule has 3 rings (SSSR count). The molecular weight excluding hydrogens is 413 g/mol. The van der Waals surface area contributed by atoms with Crippen LogP contribution in [0.1, 0.15) is 27.0 Å². The monoisotopic (exact) mass is 435 g/mol. The van der Waals surface area contributed by atoms with E-state index < -0.39 is 49.4 Å². The highest BCUT2D eigenvalue weighted by Crippen LogP contribution is 2.55. The van der Waals surface area contributed by atoms with Crippen molar-refractivity contribution in [3.05, 3.63) is 27.4 Å². The molecule has 0 saturated carbocycles. The first-order valence-electron chi connectivity index (χ1n) is 8.64. The Morgan fingerprint density at radius 3 is 3.00 bits per heavy atom. The molecule has 13 heteroatoms. The Labute approximate surface area is 165 Å². The number of fused-ring (bicyclic) bond motifs is 1. The lowest BCUT2D eigenvalue weighted by atomic mass is 9.96. The quantitative estimate of drug-likeness (QED) is 0.342. The maximum Gasteiger partial charge on any atom is 0.406 e. The van der Waals surface area contributed by atoms with Gasteiger partial charge in [-0.2, -0.15) is 0 Å². The Hall–Kier alpha value is -1.40. The van der Waals surface area contributed by atoms with Gasteiger partial charge in [-0.3, -0.25) is 28.2 Å². The van der Waals surface area contributed by atoms with Crippen LogP contribution < -0.4 is 10.6 Å². The van der Waals surface area contributed by atoms with Crippen molar-refractivity contribution in [3.63, 3.8) is 0 Å². The molecule has 0 amide bonds. The third kappa shape index (κ3) is 3.99. The summed E-state index contributed by atoms with van der Waals surface area (Å²) in [5.74, 6) is -0.612. The van der Waals surface area contributed by atoms with Crippen molar-refractivity contribution in [2.45, 2.75) is 50.8 Å². The number of hydrogen-bond donors (Lipinski definition) is 3. The molecule has 2 saturated heterocycles. The number of carbonyl (C=O) groups is 1. The number of carbonyl (C=O) groups excluding carboxylic acids is 1. The van der Waals surface area contributed by atoms with Crippen molar-refractivity contribution in [1.29, 1.82) is 0 Å². The molecule has 11 nitrogen and oxygen atoms in total. The summed E-state index contributed by atoms with van der Waals surface area (Å²) in [4.78, 5) is 25.6. The van der Waals surface area contributed by atoms with E-state index in [9.17, 15) is 19.3 Å². The van der Waals surface area contributed by atoms with Gasteiger partial charge in [0.05, 0.1) is 13.2 Å². The summed E-state index contributed by atoms with van der Waals surface area (Å²) in [6.07, 6.45) is -1.40. The lowest BCUT2D eigenvalue weighted by molar-refractivity contribution is -0.145. The normalized spacial score (nSPS) is 35.9. The first-order valence-corrected chi connectivity index (χ1v) is 10.6. The minimum absolute atomic E-state index is 0.0505. The smallest absolute Gasteiger partial charge is 0.406 e. The van der Waals surface area contributed by atoms with E-state index in [1.54, 1.807) is 6.92 Å². The molecule has 0 aliphatic carbocycles. The minimum atomic E-state index is -3.92. The highest BCUT2D eigenvalue weighted by atomic mass is 32.1. The topological polar surface area (TPSA) is 141 Å². The van der Waals surface area contributed by atoms with Gasteiger partial charge in [-0.15, -0.1) is 0 Å². The average Bonchev–Trinajstić information content (AvgIpc) is 2.85. The highest BCUT2D eigenvalue weighted by molar-refractivity contribution is 7.71. The predicted molar refractivity (Wildman–Crippen MR) is 98.1 cm³/mol. The summed E-state index contributed by atoms with van der Waals surface area (Å²) >= 11 is 5.13. The van der Waals surface area contributed by atoms with Crippen LogP contribution in [0.4, 0.5) is 0 Å². The molecule has 2 aliphatic heterocycles. The van der Waals surface area contributed by atoms with E-state index in [1.165, 1.54) is 30.7 Å². The summed E-state index contributed by atoms with van der Waals surface area (Å²) < 4.78 is 35.9. The van der Waals surface area contributed by atoms with E-state index in [-0.39, 0.29) is 18.0 Å². The molecule has 2 fully saturated rings. The van der Waals surface area contributed by atoms with Gasteiger partial charge in [0.25, 0.3) is 5.56 Å². The Morgan fingerprint density at radius 1 is 1.64 bits per heavy atom. The Kier molecular flexibility index (Phi) is 5.93. The van der Waals surface area contributed by atoms with E-state index in [4.69, 9.17) is 30.7 Å². The van der Waals surface area contributed by atoms with Crippen molar-refractivity contribution >= 4 is 25.9 Å². The number of aromatic amines is 1. The van der Waals surface area contributed by atoms with Crippen molar-refractivity contribution < 1.29 is 33.0 Å². The van der Waals surface area contributed by atoms with Crippen LogP contribution in [-0.2, 0) is 27.9 Å². The average molecular weight is 435 g/mol. The Balaban J connectivity index is 1.81. The molecule has 6 unspecified atom stereocenters. The van der Waals surface area contributed by atoms with E-state index in [0.29, 0.717) is 0 Å². The molecule has 3 heterocycles. The van der Waals surface area contributed by atoms with Gasteiger partial charge in [-0.05, 0) is 33.0 Å². The number of rotatable bonds is 5. The van der Waals surface area contributed by atoms with Gasteiger partial charge in [0.1, 0.15) is 23.9 Å². The fourth-order valence-electron chi connectivity index (χ4n) is 3.13. The van der Waals surface area contributed by atoms with Crippen molar-refractivity contribution in [2.75, 3.05) is 13.2 Å². The number of esters is 1. The summed E-state index contributed by atoms with van der Waals surface area (Å²) in [6, 6.07) is 0.292. The molecular formula is C15H22N3O8PS. The third-order valence-electron chi connectivity index (χ3n) is 4.47. The van der Waals surface area contributed by atoms with Crippen molar-refractivity contribution in [1.82, 2.24) is 14.6 Å². The van der Waals surface area contributed by atoms with Gasteiger partial charge in [0.15, 0.2) is 11.0 Å². The molecule has 0 radical (unpaired) electrons. The number of hydrogen-bond acceptors (Lipinski definition) is 9. The number of aromatic nitrogens is 2. The standard InChI is InChI=1S/C15H22N3O8PS/c1-4-23-12(20)8(2)17-27(22)24-7-9-11(26-27)15(3,21)13(25-9)18-6-5-10(19)16-14(18)28/h5-6,8-9,11,13,21H,4,7H2,1-3H3,(H,17,22)(H,16,19,28). The zero-order valence-corrected chi connectivity index (χ0v) is 17.2. The summed E-state index contributed by atoms with van der Waals surface area (Å²) in [7, 11) is -3.92. The van der Waals surface area contributed by atoms with Crippen LogP contribution in [0, 0.1) is 4.77 Å². The molecule has 2 aliphatic rings. The Bertz CT molecular complexity index is 915. The third-order valence-corrected chi connectivity index (χ3v) is 6.48. The summed E-state index contributed by atoms with van der Waals surface area (Å²) in [6.45, 7) is 4.58. The second-order valence-electron chi connectivity index (χ2n) is 6.69. The predicted octanol–water partition coefficient (Wildman–Crippen LogP) is 0.619.